The molecule has 0 atom stereocenters. The van der Waals surface area contributed by atoms with Gasteiger partial charge in [-0.1, -0.05) is 17.3 Å². The standard InChI is InChI=1S/C16H16N4O/c1-11-10-18-9-7-14(11)15-19-16(21-20-15)13-4-2-12(3-5-13)6-8-17/h2-5,7,9-10H,6,8,17H2,1H3. The first-order chi connectivity index (χ1) is 10.3. The van der Waals surface area contributed by atoms with Crippen molar-refractivity contribution in [1.82, 2.24) is 15.1 Å². The van der Waals surface area contributed by atoms with E-state index >= 15 is 0 Å². The quantitative estimate of drug-likeness (QED) is 0.794. The Hall–Kier alpha value is -2.53. The fraction of sp³-hybridized carbons (Fsp3) is 0.188. The molecule has 5 heteroatoms. The van der Waals surface area contributed by atoms with E-state index in [0.29, 0.717) is 18.3 Å². The lowest BCUT2D eigenvalue weighted by Gasteiger charge is -1.99. The first-order valence-corrected chi connectivity index (χ1v) is 6.82. The number of hydrogen-bond donors (Lipinski definition) is 1. The van der Waals surface area contributed by atoms with Crippen LogP contribution < -0.4 is 5.73 Å². The molecule has 0 unspecified atom stereocenters. The number of nitrogens with two attached hydrogens (primary N) is 1. The number of aromatic nitrogens is 3. The zero-order valence-corrected chi connectivity index (χ0v) is 11.8. The summed E-state index contributed by atoms with van der Waals surface area (Å²) in [5.41, 5.74) is 9.60. The molecule has 0 radical (unpaired) electrons. The molecule has 2 N–H and O–H groups in total. The summed E-state index contributed by atoms with van der Waals surface area (Å²) < 4.78 is 5.35. The largest absolute Gasteiger partial charge is 0.334 e. The Morgan fingerprint density at radius 1 is 1.14 bits per heavy atom. The summed E-state index contributed by atoms with van der Waals surface area (Å²) in [7, 11) is 0. The van der Waals surface area contributed by atoms with Gasteiger partial charge in [0.25, 0.3) is 5.89 Å². The minimum atomic E-state index is 0.514. The molecule has 106 valence electrons. The summed E-state index contributed by atoms with van der Waals surface area (Å²) in [4.78, 5) is 8.52. The Morgan fingerprint density at radius 2 is 1.95 bits per heavy atom. The summed E-state index contributed by atoms with van der Waals surface area (Å²) in [6.45, 7) is 2.62. The van der Waals surface area contributed by atoms with E-state index in [1.54, 1.807) is 12.4 Å². The maximum absolute atomic E-state index is 5.55. The SMILES string of the molecule is Cc1cnccc1-c1noc(-c2ccc(CCN)cc2)n1. The molecule has 0 spiro atoms. The lowest BCUT2D eigenvalue weighted by Crippen LogP contribution is -2.02. The smallest absolute Gasteiger partial charge is 0.258 e. The molecular formula is C16H16N4O. The zero-order valence-electron chi connectivity index (χ0n) is 11.8. The van der Waals surface area contributed by atoms with Gasteiger partial charge in [-0.25, -0.2) is 0 Å². The van der Waals surface area contributed by atoms with Crippen molar-refractivity contribution in [3.8, 4) is 22.8 Å². The highest BCUT2D eigenvalue weighted by molar-refractivity contribution is 5.62. The molecule has 21 heavy (non-hydrogen) atoms. The van der Waals surface area contributed by atoms with E-state index in [1.165, 1.54) is 5.56 Å². The van der Waals surface area contributed by atoms with Crippen LogP contribution in [0.4, 0.5) is 0 Å². The summed E-state index contributed by atoms with van der Waals surface area (Å²) in [6.07, 6.45) is 4.37. The summed E-state index contributed by atoms with van der Waals surface area (Å²) in [5.74, 6) is 1.09. The van der Waals surface area contributed by atoms with Crippen molar-refractivity contribution in [2.75, 3.05) is 6.54 Å². The first kappa shape index (κ1) is 13.5. The van der Waals surface area contributed by atoms with Crippen molar-refractivity contribution in [1.29, 1.82) is 0 Å². The lowest BCUT2D eigenvalue weighted by molar-refractivity contribution is 0.432. The Labute approximate surface area is 122 Å². The maximum atomic E-state index is 5.55. The molecule has 2 heterocycles. The fourth-order valence-corrected chi connectivity index (χ4v) is 2.16. The molecule has 3 aromatic rings. The van der Waals surface area contributed by atoms with E-state index in [1.807, 2.05) is 37.3 Å². The second-order valence-corrected chi connectivity index (χ2v) is 4.85. The van der Waals surface area contributed by atoms with Crippen LogP contribution in [-0.2, 0) is 6.42 Å². The highest BCUT2D eigenvalue weighted by Crippen LogP contribution is 2.24. The van der Waals surface area contributed by atoms with Gasteiger partial charge in [0.1, 0.15) is 0 Å². The van der Waals surface area contributed by atoms with E-state index in [-0.39, 0.29) is 0 Å². The van der Waals surface area contributed by atoms with Crippen molar-refractivity contribution in [2.24, 2.45) is 5.73 Å². The van der Waals surface area contributed by atoms with Crippen LogP contribution in [0.5, 0.6) is 0 Å². The van der Waals surface area contributed by atoms with E-state index in [2.05, 4.69) is 15.1 Å². The third-order valence-electron chi connectivity index (χ3n) is 3.32. The van der Waals surface area contributed by atoms with Crippen molar-refractivity contribution in [2.45, 2.75) is 13.3 Å². The van der Waals surface area contributed by atoms with E-state index in [4.69, 9.17) is 10.3 Å². The van der Waals surface area contributed by atoms with Crippen molar-refractivity contribution in [3.63, 3.8) is 0 Å². The minimum Gasteiger partial charge on any atom is -0.334 e. The number of benzene rings is 1. The highest BCUT2D eigenvalue weighted by Gasteiger charge is 2.12. The van der Waals surface area contributed by atoms with Crippen LogP contribution in [-0.4, -0.2) is 21.7 Å². The Bertz CT molecular complexity index is 734. The molecule has 5 nitrogen and oxygen atoms in total. The summed E-state index contributed by atoms with van der Waals surface area (Å²) in [6, 6.07) is 9.89. The van der Waals surface area contributed by atoms with Gasteiger partial charge in [0.15, 0.2) is 0 Å². The van der Waals surface area contributed by atoms with Crippen LogP contribution in [0.1, 0.15) is 11.1 Å². The van der Waals surface area contributed by atoms with Gasteiger partial charge in [-0.2, -0.15) is 4.98 Å². The molecule has 3 rings (SSSR count). The Balaban J connectivity index is 1.89. The Kier molecular flexibility index (Phi) is 3.75. The van der Waals surface area contributed by atoms with Crippen LogP contribution in [0.2, 0.25) is 0 Å². The zero-order chi connectivity index (χ0) is 14.7. The topological polar surface area (TPSA) is 77.8 Å². The molecule has 0 aliphatic rings. The second-order valence-electron chi connectivity index (χ2n) is 4.85. The normalized spacial score (nSPS) is 10.8. The first-order valence-electron chi connectivity index (χ1n) is 6.82. The van der Waals surface area contributed by atoms with E-state index < -0.39 is 0 Å². The van der Waals surface area contributed by atoms with Gasteiger partial charge in [-0.3, -0.25) is 4.98 Å². The second kappa shape index (κ2) is 5.85. The molecule has 2 aromatic heterocycles. The summed E-state index contributed by atoms with van der Waals surface area (Å²) >= 11 is 0. The van der Waals surface area contributed by atoms with E-state index in [0.717, 1.165) is 23.1 Å². The molecule has 1 aromatic carbocycles. The number of pyridine rings is 1. The molecule has 0 fully saturated rings. The van der Waals surface area contributed by atoms with E-state index in [9.17, 15) is 0 Å². The van der Waals surface area contributed by atoms with Gasteiger partial charge < -0.3 is 10.3 Å². The third-order valence-corrected chi connectivity index (χ3v) is 3.32. The molecule has 0 amide bonds. The van der Waals surface area contributed by atoms with Crippen LogP contribution in [0.3, 0.4) is 0 Å². The van der Waals surface area contributed by atoms with Gasteiger partial charge in [-0.05, 0) is 49.2 Å². The Morgan fingerprint density at radius 3 is 2.67 bits per heavy atom. The van der Waals surface area contributed by atoms with Crippen molar-refractivity contribution < 1.29 is 4.52 Å². The third kappa shape index (κ3) is 2.83. The number of hydrogen-bond acceptors (Lipinski definition) is 5. The minimum absolute atomic E-state index is 0.514. The van der Waals surface area contributed by atoms with Crippen LogP contribution in [0.25, 0.3) is 22.8 Å². The average Bonchev–Trinajstić information content (AvgIpc) is 2.98. The lowest BCUT2D eigenvalue weighted by atomic mass is 10.1. The van der Waals surface area contributed by atoms with Crippen LogP contribution in [0.15, 0.2) is 47.2 Å². The number of aryl methyl sites for hydroxylation is 1. The molecule has 0 bridgehead atoms. The molecular weight excluding hydrogens is 264 g/mol. The average molecular weight is 280 g/mol. The van der Waals surface area contributed by atoms with Crippen molar-refractivity contribution in [3.05, 3.63) is 53.9 Å². The molecule has 0 aliphatic heterocycles. The number of nitrogens with zero attached hydrogens (tertiary/aromatic N) is 3. The van der Waals surface area contributed by atoms with Crippen LogP contribution in [0, 0.1) is 6.92 Å². The highest BCUT2D eigenvalue weighted by atomic mass is 16.5. The molecule has 0 saturated heterocycles. The number of rotatable bonds is 4. The van der Waals surface area contributed by atoms with Gasteiger partial charge in [0.05, 0.1) is 0 Å². The fourth-order valence-electron chi connectivity index (χ4n) is 2.16. The van der Waals surface area contributed by atoms with Crippen molar-refractivity contribution >= 4 is 0 Å². The molecule has 0 aliphatic carbocycles. The van der Waals surface area contributed by atoms with Gasteiger partial charge in [-0.15, -0.1) is 0 Å². The van der Waals surface area contributed by atoms with Crippen LogP contribution >= 0.6 is 0 Å². The van der Waals surface area contributed by atoms with Gasteiger partial charge >= 0.3 is 0 Å². The predicted molar refractivity (Wildman–Crippen MR) is 80.5 cm³/mol. The monoisotopic (exact) mass is 280 g/mol. The molecule has 0 saturated carbocycles. The summed E-state index contributed by atoms with van der Waals surface area (Å²) in [5, 5.41) is 4.05. The van der Waals surface area contributed by atoms with Gasteiger partial charge in [0, 0.05) is 23.5 Å². The maximum Gasteiger partial charge on any atom is 0.258 e. The predicted octanol–water partition coefficient (Wildman–Crippen LogP) is 2.61. The van der Waals surface area contributed by atoms with Gasteiger partial charge in [0.2, 0.25) is 5.82 Å².